The molecule has 0 heterocycles. The van der Waals surface area contributed by atoms with Crippen molar-refractivity contribution in [2.24, 2.45) is 11.8 Å². The van der Waals surface area contributed by atoms with E-state index in [9.17, 15) is 9.59 Å². The number of hydrogen-bond acceptors (Lipinski definition) is 2. The Morgan fingerprint density at radius 2 is 1.62 bits per heavy atom. The fraction of sp³-hybridized carbons (Fsp3) is 0.263. The highest BCUT2D eigenvalue weighted by Crippen LogP contribution is 2.40. The van der Waals surface area contributed by atoms with E-state index in [1.807, 2.05) is 32.0 Å². The Morgan fingerprint density at radius 3 is 2.29 bits per heavy atom. The molecule has 1 aliphatic rings. The second-order valence-electron chi connectivity index (χ2n) is 6.21. The van der Waals surface area contributed by atoms with Crippen LogP contribution >= 0.6 is 11.6 Å². The molecule has 5 heteroatoms. The number of para-hydroxylation sites is 1. The summed E-state index contributed by atoms with van der Waals surface area (Å²) in [7, 11) is 0. The normalized spacial score (nSPS) is 18.8. The number of aryl methyl sites for hydroxylation is 2. The molecular formula is C19H19ClN2O2. The zero-order valence-electron chi connectivity index (χ0n) is 13.6. The Hall–Kier alpha value is -2.33. The molecule has 2 atom stereocenters. The minimum Gasteiger partial charge on any atom is -0.326 e. The zero-order chi connectivity index (χ0) is 17.3. The maximum absolute atomic E-state index is 12.3. The molecule has 0 aliphatic heterocycles. The zero-order valence-corrected chi connectivity index (χ0v) is 14.4. The minimum atomic E-state index is -0.298. The van der Waals surface area contributed by atoms with Crippen molar-refractivity contribution in [2.75, 3.05) is 10.6 Å². The van der Waals surface area contributed by atoms with Gasteiger partial charge in [0.15, 0.2) is 0 Å². The number of carbonyl (C=O) groups is 2. The Labute approximate surface area is 146 Å². The van der Waals surface area contributed by atoms with Gasteiger partial charge in [-0.2, -0.15) is 0 Å². The van der Waals surface area contributed by atoms with Crippen molar-refractivity contribution < 1.29 is 9.59 Å². The summed E-state index contributed by atoms with van der Waals surface area (Å²) in [5, 5.41) is 6.16. The van der Waals surface area contributed by atoms with Gasteiger partial charge in [-0.1, -0.05) is 29.8 Å². The maximum Gasteiger partial charge on any atom is 0.228 e. The first-order chi connectivity index (χ1) is 11.5. The first kappa shape index (κ1) is 16.5. The number of rotatable bonds is 4. The number of amides is 2. The molecule has 4 nitrogen and oxygen atoms in total. The number of nitrogens with one attached hydrogen (secondary N) is 2. The third-order valence-electron chi connectivity index (χ3n) is 4.37. The van der Waals surface area contributed by atoms with Crippen molar-refractivity contribution in [1.29, 1.82) is 0 Å². The fourth-order valence-electron chi connectivity index (χ4n) is 2.62. The molecule has 1 saturated carbocycles. The van der Waals surface area contributed by atoms with Gasteiger partial charge in [0, 0.05) is 5.69 Å². The lowest BCUT2D eigenvalue weighted by Crippen LogP contribution is -2.20. The first-order valence-corrected chi connectivity index (χ1v) is 8.27. The Kier molecular flexibility index (Phi) is 4.58. The van der Waals surface area contributed by atoms with E-state index >= 15 is 0 Å². The highest BCUT2D eigenvalue weighted by atomic mass is 35.5. The molecule has 1 aliphatic carbocycles. The van der Waals surface area contributed by atoms with Crippen molar-refractivity contribution in [1.82, 2.24) is 0 Å². The van der Waals surface area contributed by atoms with Crippen LogP contribution < -0.4 is 10.6 Å². The van der Waals surface area contributed by atoms with E-state index < -0.39 is 0 Å². The Morgan fingerprint density at radius 1 is 0.958 bits per heavy atom. The third-order valence-corrected chi connectivity index (χ3v) is 4.70. The van der Waals surface area contributed by atoms with E-state index in [-0.39, 0.29) is 23.7 Å². The van der Waals surface area contributed by atoms with Gasteiger partial charge >= 0.3 is 0 Å². The largest absolute Gasteiger partial charge is 0.326 e. The molecule has 0 bridgehead atoms. The van der Waals surface area contributed by atoms with Crippen LogP contribution in [0, 0.1) is 25.7 Å². The molecule has 24 heavy (non-hydrogen) atoms. The molecule has 2 N–H and O–H groups in total. The lowest BCUT2D eigenvalue weighted by molar-refractivity contribution is -0.122. The Bertz CT molecular complexity index is 804. The standard InChI is InChI=1S/C19H19ClN2O2/c1-11-7-8-13(9-12(11)2)21-18(23)14-10-15(14)19(24)22-17-6-4-3-5-16(17)20/h3-9,14-15H,10H2,1-2H3,(H,21,23)(H,22,24). The summed E-state index contributed by atoms with van der Waals surface area (Å²) in [6.45, 7) is 4.03. The van der Waals surface area contributed by atoms with Crippen molar-refractivity contribution in [2.45, 2.75) is 20.3 Å². The molecular weight excluding hydrogens is 324 g/mol. The summed E-state index contributed by atoms with van der Waals surface area (Å²) < 4.78 is 0. The van der Waals surface area contributed by atoms with E-state index in [1.165, 1.54) is 5.56 Å². The second kappa shape index (κ2) is 6.65. The van der Waals surface area contributed by atoms with Gasteiger partial charge in [-0.25, -0.2) is 0 Å². The van der Waals surface area contributed by atoms with Gasteiger partial charge in [0.25, 0.3) is 0 Å². The predicted molar refractivity (Wildman–Crippen MR) is 96.2 cm³/mol. The van der Waals surface area contributed by atoms with Crippen LogP contribution in [0.15, 0.2) is 42.5 Å². The number of carbonyl (C=O) groups excluding carboxylic acids is 2. The van der Waals surface area contributed by atoms with Crippen LogP contribution in [0.1, 0.15) is 17.5 Å². The first-order valence-electron chi connectivity index (χ1n) is 7.89. The quantitative estimate of drug-likeness (QED) is 0.876. The van der Waals surface area contributed by atoms with E-state index in [4.69, 9.17) is 11.6 Å². The highest BCUT2D eigenvalue weighted by Gasteiger charge is 2.48. The molecule has 0 radical (unpaired) electrons. The van der Waals surface area contributed by atoms with Gasteiger partial charge in [0.05, 0.1) is 22.5 Å². The summed E-state index contributed by atoms with van der Waals surface area (Å²) >= 11 is 6.03. The summed E-state index contributed by atoms with van der Waals surface area (Å²) in [5.74, 6) is -0.859. The molecule has 0 saturated heterocycles. The minimum absolute atomic E-state index is 0.113. The monoisotopic (exact) mass is 342 g/mol. The SMILES string of the molecule is Cc1ccc(NC(=O)C2CC2C(=O)Nc2ccccc2Cl)cc1C. The molecule has 2 amide bonds. The molecule has 2 unspecified atom stereocenters. The third kappa shape index (κ3) is 3.60. The molecule has 1 fully saturated rings. The average Bonchev–Trinajstić information content (AvgIpc) is 3.34. The lowest BCUT2D eigenvalue weighted by atomic mass is 10.1. The molecule has 0 spiro atoms. The summed E-state index contributed by atoms with van der Waals surface area (Å²) in [4.78, 5) is 24.5. The van der Waals surface area contributed by atoms with Crippen LogP contribution in [0.2, 0.25) is 5.02 Å². The molecule has 2 aromatic carbocycles. The maximum atomic E-state index is 12.3. The van der Waals surface area contributed by atoms with Gasteiger partial charge in [0.1, 0.15) is 0 Å². The highest BCUT2D eigenvalue weighted by molar-refractivity contribution is 6.33. The van der Waals surface area contributed by atoms with E-state index in [0.717, 1.165) is 11.3 Å². The van der Waals surface area contributed by atoms with Crippen molar-refractivity contribution in [3.05, 3.63) is 58.6 Å². The van der Waals surface area contributed by atoms with Crippen LogP contribution in [0.3, 0.4) is 0 Å². The average molecular weight is 343 g/mol. The predicted octanol–water partition coefficient (Wildman–Crippen LogP) is 4.17. The number of benzene rings is 2. The fourth-order valence-corrected chi connectivity index (χ4v) is 2.80. The van der Waals surface area contributed by atoms with Gasteiger partial charge < -0.3 is 10.6 Å². The van der Waals surface area contributed by atoms with Crippen LogP contribution in [-0.4, -0.2) is 11.8 Å². The van der Waals surface area contributed by atoms with Gasteiger partial charge in [-0.05, 0) is 55.7 Å². The number of hydrogen-bond donors (Lipinski definition) is 2. The van der Waals surface area contributed by atoms with E-state index in [0.29, 0.717) is 17.1 Å². The van der Waals surface area contributed by atoms with Crippen LogP contribution in [0.5, 0.6) is 0 Å². The molecule has 3 rings (SSSR count). The summed E-state index contributed by atoms with van der Waals surface area (Å²) in [6, 6.07) is 12.9. The van der Waals surface area contributed by atoms with Crippen molar-refractivity contribution in [3.63, 3.8) is 0 Å². The van der Waals surface area contributed by atoms with Gasteiger partial charge in [-0.15, -0.1) is 0 Å². The topological polar surface area (TPSA) is 58.2 Å². The van der Waals surface area contributed by atoms with E-state index in [2.05, 4.69) is 10.6 Å². The number of anilines is 2. The van der Waals surface area contributed by atoms with Crippen molar-refractivity contribution in [3.8, 4) is 0 Å². The van der Waals surface area contributed by atoms with Crippen LogP contribution in [0.25, 0.3) is 0 Å². The molecule has 2 aromatic rings. The number of halogens is 1. The van der Waals surface area contributed by atoms with Crippen LogP contribution in [0.4, 0.5) is 11.4 Å². The summed E-state index contributed by atoms with van der Waals surface area (Å²) in [6.07, 6.45) is 0.562. The van der Waals surface area contributed by atoms with E-state index in [1.54, 1.807) is 24.3 Å². The van der Waals surface area contributed by atoms with Gasteiger partial charge in [-0.3, -0.25) is 9.59 Å². The second-order valence-corrected chi connectivity index (χ2v) is 6.61. The lowest BCUT2D eigenvalue weighted by Gasteiger charge is -2.08. The van der Waals surface area contributed by atoms with Crippen LogP contribution in [-0.2, 0) is 9.59 Å². The smallest absolute Gasteiger partial charge is 0.228 e. The van der Waals surface area contributed by atoms with Crippen molar-refractivity contribution >= 4 is 34.8 Å². The summed E-state index contributed by atoms with van der Waals surface area (Å²) in [5.41, 5.74) is 3.64. The van der Waals surface area contributed by atoms with Gasteiger partial charge in [0.2, 0.25) is 11.8 Å². The molecule has 0 aromatic heterocycles. The Balaban J connectivity index is 1.58. The molecule has 124 valence electrons.